The Labute approximate surface area is 104 Å². The molecule has 0 saturated heterocycles. The maximum atomic E-state index is 3.62. The maximum Gasteiger partial charge on any atom is 0.0106 e. The number of thioether (sulfide) groups is 1. The molecule has 1 aromatic carbocycles. The predicted molar refractivity (Wildman–Crippen MR) is 74.2 cm³/mol. The lowest BCUT2D eigenvalue weighted by atomic mass is 10.1. The van der Waals surface area contributed by atoms with Crippen LogP contribution in [0, 0.1) is 0 Å². The molecule has 0 heterocycles. The van der Waals surface area contributed by atoms with E-state index in [0.717, 1.165) is 12.3 Å². The van der Waals surface area contributed by atoms with Crippen molar-refractivity contribution in [1.29, 1.82) is 0 Å². The van der Waals surface area contributed by atoms with Crippen molar-refractivity contribution in [3.8, 4) is 0 Å². The number of benzene rings is 1. The van der Waals surface area contributed by atoms with Crippen LogP contribution in [0.2, 0.25) is 0 Å². The van der Waals surface area contributed by atoms with Gasteiger partial charge in [0.05, 0.1) is 0 Å². The molecule has 0 amide bonds. The van der Waals surface area contributed by atoms with Gasteiger partial charge in [-0.3, -0.25) is 0 Å². The molecule has 1 unspecified atom stereocenters. The van der Waals surface area contributed by atoms with Gasteiger partial charge in [-0.1, -0.05) is 38.5 Å². The largest absolute Gasteiger partial charge is 0.313 e. The Morgan fingerprint density at radius 1 is 1.19 bits per heavy atom. The fourth-order valence-electron chi connectivity index (χ4n) is 1.75. The lowest BCUT2D eigenvalue weighted by Crippen LogP contribution is -2.30. The van der Waals surface area contributed by atoms with Crippen LogP contribution >= 0.6 is 11.8 Å². The van der Waals surface area contributed by atoms with Gasteiger partial charge < -0.3 is 5.32 Å². The summed E-state index contributed by atoms with van der Waals surface area (Å²) in [5.74, 6) is 1.16. The van der Waals surface area contributed by atoms with E-state index in [0.29, 0.717) is 6.04 Å². The van der Waals surface area contributed by atoms with Crippen LogP contribution in [0.15, 0.2) is 35.2 Å². The first-order chi connectivity index (χ1) is 7.86. The molecule has 1 N–H and O–H groups in total. The van der Waals surface area contributed by atoms with Gasteiger partial charge in [0.15, 0.2) is 0 Å². The Morgan fingerprint density at radius 2 is 1.94 bits per heavy atom. The van der Waals surface area contributed by atoms with Crippen molar-refractivity contribution in [3.63, 3.8) is 0 Å². The molecule has 0 saturated carbocycles. The first-order valence-electron chi connectivity index (χ1n) is 6.28. The molecule has 2 heteroatoms. The van der Waals surface area contributed by atoms with Crippen molar-refractivity contribution in [2.24, 2.45) is 0 Å². The molecule has 0 bridgehead atoms. The molecule has 0 spiro atoms. The molecule has 0 fully saturated rings. The average Bonchev–Trinajstić information content (AvgIpc) is 2.34. The maximum absolute atomic E-state index is 3.62. The van der Waals surface area contributed by atoms with Crippen LogP contribution in [0.25, 0.3) is 0 Å². The van der Waals surface area contributed by atoms with Crippen LogP contribution in [0.4, 0.5) is 0 Å². The van der Waals surface area contributed by atoms with Crippen LogP contribution in [-0.4, -0.2) is 18.3 Å². The van der Waals surface area contributed by atoms with Crippen molar-refractivity contribution in [2.45, 2.75) is 44.0 Å². The SMILES string of the molecule is CCCC(CC)NCCSc1ccccc1. The number of hydrogen-bond acceptors (Lipinski definition) is 2. The summed E-state index contributed by atoms with van der Waals surface area (Å²) in [6.45, 7) is 5.62. The van der Waals surface area contributed by atoms with E-state index in [2.05, 4.69) is 49.5 Å². The minimum Gasteiger partial charge on any atom is -0.313 e. The zero-order valence-electron chi connectivity index (χ0n) is 10.4. The van der Waals surface area contributed by atoms with E-state index in [4.69, 9.17) is 0 Å². The van der Waals surface area contributed by atoms with E-state index in [1.54, 1.807) is 0 Å². The summed E-state index contributed by atoms with van der Waals surface area (Å²) in [6.07, 6.45) is 3.81. The summed E-state index contributed by atoms with van der Waals surface area (Å²) in [5.41, 5.74) is 0. The molecule has 1 nitrogen and oxygen atoms in total. The molecule has 0 aliphatic carbocycles. The molecule has 0 aromatic heterocycles. The minimum absolute atomic E-state index is 0.710. The molecule has 1 aromatic rings. The van der Waals surface area contributed by atoms with Crippen molar-refractivity contribution in [1.82, 2.24) is 5.32 Å². The van der Waals surface area contributed by atoms with Crippen molar-refractivity contribution in [3.05, 3.63) is 30.3 Å². The van der Waals surface area contributed by atoms with Crippen molar-refractivity contribution in [2.75, 3.05) is 12.3 Å². The van der Waals surface area contributed by atoms with Gasteiger partial charge in [-0.25, -0.2) is 0 Å². The molecule has 0 radical (unpaired) electrons. The fourth-order valence-corrected chi connectivity index (χ4v) is 2.55. The normalized spacial score (nSPS) is 12.6. The Bertz CT molecular complexity index is 261. The van der Waals surface area contributed by atoms with E-state index < -0.39 is 0 Å². The first-order valence-corrected chi connectivity index (χ1v) is 7.26. The third-order valence-corrected chi connectivity index (χ3v) is 3.69. The zero-order valence-corrected chi connectivity index (χ0v) is 11.2. The molecule has 0 aliphatic rings. The van der Waals surface area contributed by atoms with Gasteiger partial charge in [-0.2, -0.15) is 0 Å². The second-order valence-corrected chi connectivity index (χ2v) is 5.18. The third-order valence-electron chi connectivity index (χ3n) is 2.68. The number of hydrogen-bond donors (Lipinski definition) is 1. The first kappa shape index (κ1) is 13.6. The van der Waals surface area contributed by atoms with Crippen LogP contribution in [-0.2, 0) is 0 Å². The molecule has 1 atom stereocenters. The average molecular weight is 237 g/mol. The van der Waals surface area contributed by atoms with Crippen LogP contribution in [0.3, 0.4) is 0 Å². The van der Waals surface area contributed by atoms with E-state index in [1.807, 2.05) is 11.8 Å². The van der Waals surface area contributed by atoms with Gasteiger partial charge in [0.25, 0.3) is 0 Å². The summed E-state index contributed by atoms with van der Waals surface area (Å²) in [4.78, 5) is 1.37. The van der Waals surface area contributed by atoms with E-state index in [9.17, 15) is 0 Å². The minimum atomic E-state index is 0.710. The second kappa shape index (κ2) is 8.66. The summed E-state index contributed by atoms with van der Waals surface area (Å²) in [7, 11) is 0. The number of nitrogens with one attached hydrogen (secondary N) is 1. The highest BCUT2D eigenvalue weighted by Crippen LogP contribution is 2.15. The molecular formula is C14H23NS. The summed E-state index contributed by atoms with van der Waals surface area (Å²) >= 11 is 1.93. The van der Waals surface area contributed by atoms with Crippen LogP contribution in [0.5, 0.6) is 0 Å². The summed E-state index contributed by atoms with van der Waals surface area (Å²) in [5, 5.41) is 3.62. The van der Waals surface area contributed by atoms with Crippen LogP contribution < -0.4 is 5.32 Å². The molecule has 1 rings (SSSR count). The fraction of sp³-hybridized carbons (Fsp3) is 0.571. The molecule has 90 valence electrons. The topological polar surface area (TPSA) is 12.0 Å². The third kappa shape index (κ3) is 5.57. The molecule has 0 aliphatic heterocycles. The molecular weight excluding hydrogens is 214 g/mol. The highest BCUT2D eigenvalue weighted by Gasteiger charge is 2.02. The van der Waals surface area contributed by atoms with Gasteiger partial charge in [0, 0.05) is 23.2 Å². The summed E-state index contributed by atoms with van der Waals surface area (Å²) in [6, 6.07) is 11.3. The van der Waals surface area contributed by atoms with Gasteiger partial charge in [-0.05, 0) is 25.0 Å². The quantitative estimate of drug-likeness (QED) is 0.543. The Hall–Kier alpha value is -0.470. The summed E-state index contributed by atoms with van der Waals surface area (Å²) < 4.78 is 0. The van der Waals surface area contributed by atoms with E-state index >= 15 is 0 Å². The Kier molecular flexibility index (Phi) is 7.35. The highest BCUT2D eigenvalue weighted by molar-refractivity contribution is 7.99. The lowest BCUT2D eigenvalue weighted by Gasteiger charge is -2.15. The van der Waals surface area contributed by atoms with Crippen molar-refractivity contribution >= 4 is 11.8 Å². The molecule has 16 heavy (non-hydrogen) atoms. The smallest absolute Gasteiger partial charge is 0.0106 e. The van der Waals surface area contributed by atoms with E-state index in [1.165, 1.54) is 24.2 Å². The van der Waals surface area contributed by atoms with Gasteiger partial charge in [0.2, 0.25) is 0 Å². The Balaban J connectivity index is 2.11. The lowest BCUT2D eigenvalue weighted by molar-refractivity contribution is 0.477. The van der Waals surface area contributed by atoms with Crippen LogP contribution in [0.1, 0.15) is 33.1 Å². The zero-order chi connectivity index (χ0) is 11.6. The van der Waals surface area contributed by atoms with Crippen molar-refractivity contribution < 1.29 is 0 Å². The second-order valence-electron chi connectivity index (χ2n) is 4.01. The number of rotatable bonds is 8. The predicted octanol–water partition coefficient (Wildman–Crippen LogP) is 3.95. The standard InChI is InChI=1S/C14H23NS/c1-3-8-13(4-2)15-11-12-16-14-9-6-5-7-10-14/h5-7,9-10,13,15H,3-4,8,11-12H2,1-2H3. The van der Waals surface area contributed by atoms with Gasteiger partial charge in [0.1, 0.15) is 0 Å². The Morgan fingerprint density at radius 3 is 2.56 bits per heavy atom. The highest BCUT2D eigenvalue weighted by atomic mass is 32.2. The van der Waals surface area contributed by atoms with E-state index in [-0.39, 0.29) is 0 Å². The monoisotopic (exact) mass is 237 g/mol. The van der Waals surface area contributed by atoms with Gasteiger partial charge in [-0.15, -0.1) is 11.8 Å². The van der Waals surface area contributed by atoms with Gasteiger partial charge >= 0.3 is 0 Å².